The number of para-hydroxylation sites is 1. The highest BCUT2D eigenvalue weighted by molar-refractivity contribution is 5.89. The van der Waals surface area contributed by atoms with Gasteiger partial charge in [-0.15, -0.1) is 0 Å². The quantitative estimate of drug-likeness (QED) is 0.534. The number of hydrogen-bond acceptors (Lipinski definition) is 3. The molecule has 0 fully saturated rings. The van der Waals surface area contributed by atoms with Gasteiger partial charge in [0.15, 0.2) is 0 Å². The molecule has 0 aliphatic carbocycles. The number of hydrogen-bond donors (Lipinski definition) is 0. The van der Waals surface area contributed by atoms with Crippen LogP contribution in [0.15, 0.2) is 60.8 Å². The van der Waals surface area contributed by atoms with E-state index in [-0.39, 0.29) is 5.97 Å². The smallest absolute Gasteiger partial charge is 0.330 e. The van der Waals surface area contributed by atoms with Crippen LogP contribution in [0, 0.1) is 0 Å². The summed E-state index contributed by atoms with van der Waals surface area (Å²) < 4.78 is 7.09. The van der Waals surface area contributed by atoms with Gasteiger partial charge >= 0.3 is 5.97 Å². The Labute approximate surface area is 135 Å². The zero-order chi connectivity index (χ0) is 16.1. The lowest BCUT2D eigenvalue weighted by molar-refractivity contribution is -0.137. The van der Waals surface area contributed by atoms with Gasteiger partial charge in [0, 0.05) is 28.9 Å². The third-order valence-electron chi connectivity index (χ3n) is 3.57. The average molecular weight is 306 g/mol. The number of ether oxygens (including phenoxy) is 1. The lowest BCUT2D eigenvalue weighted by Gasteiger charge is -2.08. The fraction of sp³-hybridized carbons (Fsp3) is 0.158. The van der Waals surface area contributed by atoms with E-state index in [9.17, 15) is 4.79 Å². The largest absolute Gasteiger partial charge is 0.463 e. The van der Waals surface area contributed by atoms with Crippen LogP contribution in [0.4, 0.5) is 0 Å². The van der Waals surface area contributed by atoms with Gasteiger partial charge in [0.2, 0.25) is 0 Å². The van der Waals surface area contributed by atoms with Crippen LogP contribution in [0.3, 0.4) is 0 Å². The highest BCUT2D eigenvalue weighted by atomic mass is 16.5. The molecule has 0 aliphatic rings. The molecule has 3 rings (SSSR count). The van der Waals surface area contributed by atoms with E-state index in [1.807, 2.05) is 30.3 Å². The van der Waals surface area contributed by atoms with Crippen LogP contribution in [0.5, 0.6) is 0 Å². The summed E-state index contributed by atoms with van der Waals surface area (Å²) in [7, 11) is 0. The van der Waals surface area contributed by atoms with Crippen LogP contribution in [-0.4, -0.2) is 22.1 Å². The Morgan fingerprint density at radius 1 is 1.22 bits per heavy atom. The van der Waals surface area contributed by atoms with Crippen molar-refractivity contribution in [1.29, 1.82) is 0 Å². The van der Waals surface area contributed by atoms with Gasteiger partial charge in [0.1, 0.15) is 0 Å². The molecule has 0 unspecified atom stereocenters. The minimum Gasteiger partial charge on any atom is -0.463 e. The molecule has 0 amide bonds. The second kappa shape index (κ2) is 6.92. The van der Waals surface area contributed by atoms with E-state index in [0.717, 1.165) is 22.3 Å². The second-order valence-corrected chi connectivity index (χ2v) is 5.12. The molecule has 2 aromatic heterocycles. The number of pyridine rings is 1. The molecule has 0 spiro atoms. The van der Waals surface area contributed by atoms with E-state index < -0.39 is 0 Å². The van der Waals surface area contributed by atoms with Crippen molar-refractivity contribution >= 4 is 22.9 Å². The SMILES string of the molecule is CCOC(=O)/C=C/c1cc2ccccc2n1Cc1ccccn1. The van der Waals surface area contributed by atoms with Gasteiger partial charge in [-0.1, -0.05) is 24.3 Å². The highest BCUT2D eigenvalue weighted by Crippen LogP contribution is 2.22. The van der Waals surface area contributed by atoms with E-state index in [1.54, 1.807) is 19.2 Å². The third-order valence-corrected chi connectivity index (χ3v) is 3.57. The first-order valence-corrected chi connectivity index (χ1v) is 7.61. The van der Waals surface area contributed by atoms with Crippen molar-refractivity contribution in [3.8, 4) is 0 Å². The number of fused-ring (bicyclic) bond motifs is 1. The molecule has 0 atom stereocenters. The molecule has 0 bridgehead atoms. The van der Waals surface area contributed by atoms with E-state index in [1.165, 1.54) is 6.08 Å². The molecular weight excluding hydrogens is 288 g/mol. The first kappa shape index (κ1) is 15.0. The summed E-state index contributed by atoms with van der Waals surface area (Å²) in [5.41, 5.74) is 3.03. The molecule has 0 saturated carbocycles. The van der Waals surface area contributed by atoms with Crippen molar-refractivity contribution < 1.29 is 9.53 Å². The average Bonchev–Trinajstić information content (AvgIpc) is 2.92. The van der Waals surface area contributed by atoms with Gasteiger partial charge in [-0.25, -0.2) is 4.79 Å². The predicted octanol–water partition coefficient (Wildman–Crippen LogP) is 3.66. The molecule has 0 radical (unpaired) electrons. The van der Waals surface area contributed by atoms with Crippen molar-refractivity contribution in [3.05, 3.63) is 72.2 Å². The molecule has 0 saturated heterocycles. The molecule has 0 aliphatic heterocycles. The number of carbonyl (C=O) groups is 1. The summed E-state index contributed by atoms with van der Waals surface area (Å²) in [6, 6.07) is 16.1. The molecule has 0 N–H and O–H groups in total. The Kier molecular flexibility index (Phi) is 4.52. The van der Waals surface area contributed by atoms with E-state index in [4.69, 9.17) is 4.74 Å². The number of carbonyl (C=O) groups excluding carboxylic acids is 1. The Morgan fingerprint density at radius 3 is 2.83 bits per heavy atom. The zero-order valence-corrected chi connectivity index (χ0v) is 13.0. The van der Waals surface area contributed by atoms with Crippen LogP contribution in [0.25, 0.3) is 17.0 Å². The first-order valence-electron chi connectivity index (χ1n) is 7.61. The van der Waals surface area contributed by atoms with E-state index in [2.05, 4.69) is 27.8 Å². The van der Waals surface area contributed by atoms with Crippen molar-refractivity contribution in [1.82, 2.24) is 9.55 Å². The Hall–Kier alpha value is -2.88. The van der Waals surface area contributed by atoms with Crippen molar-refractivity contribution in [2.75, 3.05) is 6.61 Å². The minimum absolute atomic E-state index is 0.331. The summed E-state index contributed by atoms with van der Waals surface area (Å²) in [5.74, 6) is -0.331. The summed E-state index contributed by atoms with van der Waals surface area (Å²) in [4.78, 5) is 16.0. The number of rotatable bonds is 5. The van der Waals surface area contributed by atoms with Crippen LogP contribution in [0.1, 0.15) is 18.3 Å². The molecule has 2 heterocycles. The van der Waals surface area contributed by atoms with Gasteiger partial charge < -0.3 is 9.30 Å². The lowest BCUT2D eigenvalue weighted by atomic mass is 10.2. The zero-order valence-electron chi connectivity index (χ0n) is 13.0. The minimum atomic E-state index is -0.331. The third kappa shape index (κ3) is 3.48. The molecule has 1 aromatic carbocycles. The predicted molar refractivity (Wildman–Crippen MR) is 90.9 cm³/mol. The maximum absolute atomic E-state index is 11.6. The van der Waals surface area contributed by atoms with Gasteiger partial charge in [0.25, 0.3) is 0 Å². The van der Waals surface area contributed by atoms with E-state index in [0.29, 0.717) is 13.2 Å². The molecule has 116 valence electrons. The Morgan fingerprint density at radius 2 is 2.04 bits per heavy atom. The van der Waals surface area contributed by atoms with Gasteiger partial charge in [-0.3, -0.25) is 4.98 Å². The fourth-order valence-electron chi connectivity index (χ4n) is 2.54. The first-order chi connectivity index (χ1) is 11.3. The topological polar surface area (TPSA) is 44.1 Å². The van der Waals surface area contributed by atoms with Crippen LogP contribution in [-0.2, 0) is 16.1 Å². The molecular formula is C19H18N2O2. The maximum Gasteiger partial charge on any atom is 0.330 e. The summed E-state index contributed by atoms with van der Waals surface area (Å²) >= 11 is 0. The standard InChI is InChI=1S/C19H18N2O2/c1-2-23-19(22)11-10-17-13-15-7-3-4-9-18(15)21(17)14-16-8-5-6-12-20-16/h3-13H,2,14H2,1H3/b11-10+. The highest BCUT2D eigenvalue weighted by Gasteiger charge is 2.08. The number of esters is 1. The second-order valence-electron chi connectivity index (χ2n) is 5.12. The van der Waals surface area contributed by atoms with Crippen LogP contribution < -0.4 is 0 Å². The van der Waals surface area contributed by atoms with Crippen LogP contribution >= 0.6 is 0 Å². The van der Waals surface area contributed by atoms with Gasteiger partial charge in [-0.05, 0) is 37.3 Å². The van der Waals surface area contributed by atoms with Gasteiger partial charge in [0.05, 0.1) is 18.8 Å². The normalized spacial score (nSPS) is 11.2. The maximum atomic E-state index is 11.6. The van der Waals surface area contributed by atoms with Crippen molar-refractivity contribution in [2.45, 2.75) is 13.5 Å². The van der Waals surface area contributed by atoms with Crippen LogP contribution in [0.2, 0.25) is 0 Å². The Bertz CT molecular complexity index is 835. The molecule has 23 heavy (non-hydrogen) atoms. The monoisotopic (exact) mass is 306 g/mol. The number of benzene rings is 1. The lowest BCUT2D eigenvalue weighted by Crippen LogP contribution is -2.04. The molecule has 4 heteroatoms. The molecule has 4 nitrogen and oxygen atoms in total. The van der Waals surface area contributed by atoms with Crippen molar-refractivity contribution in [2.24, 2.45) is 0 Å². The van der Waals surface area contributed by atoms with E-state index >= 15 is 0 Å². The Balaban J connectivity index is 1.99. The van der Waals surface area contributed by atoms with Crippen molar-refractivity contribution in [3.63, 3.8) is 0 Å². The molecule has 3 aromatic rings. The number of nitrogens with zero attached hydrogens (tertiary/aromatic N) is 2. The number of aromatic nitrogens is 2. The van der Waals surface area contributed by atoms with Gasteiger partial charge in [-0.2, -0.15) is 0 Å². The summed E-state index contributed by atoms with van der Waals surface area (Å²) in [5, 5.41) is 1.13. The fourth-order valence-corrected chi connectivity index (χ4v) is 2.54. The summed E-state index contributed by atoms with van der Waals surface area (Å²) in [6.07, 6.45) is 5.04. The summed E-state index contributed by atoms with van der Waals surface area (Å²) in [6.45, 7) is 2.82.